The van der Waals surface area contributed by atoms with Gasteiger partial charge in [0, 0.05) is 13.1 Å². The van der Waals surface area contributed by atoms with Crippen LogP contribution < -0.4 is 4.90 Å². The van der Waals surface area contributed by atoms with Crippen LogP contribution in [0.25, 0.3) is 0 Å². The molecule has 3 heteroatoms. The number of aliphatic hydroxyl groups is 1. The van der Waals surface area contributed by atoms with Crippen LogP contribution in [0.2, 0.25) is 0 Å². The van der Waals surface area contributed by atoms with E-state index in [1.165, 1.54) is 6.07 Å². The van der Waals surface area contributed by atoms with Crippen LogP contribution in [0, 0.1) is 12.7 Å². The van der Waals surface area contributed by atoms with Gasteiger partial charge >= 0.3 is 0 Å². The van der Waals surface area contributed by atoms with E-state index in [0.29, 0.717) is 18.8 Å². The maximum absolute atomic E-state index is 13.8. The number of nitrogens with zero attached hydrogens (tertiary/aromatic N) is 1. The van der Waals surface area contributed by atoms with Crippen LogP contribution in [0.1, 0.15) is 24.2 Å². The summed E-state index contributed by atoms with van der Waals surface area (Å²) < 4.78 is 13.8. The van der Waals surface area contributed by atoms with E-state index in [0.717, 1.165) is 11.1 Å². The first-order valence-electron chi connectivity index (χ1n) is 6.86. The zero-order valence-electron chi connectivity index (χ0n) is 11.9. The molecule has 1 unspecified atom stereocenters. The molecule has 2 aromatic rings. The maximum atomic E-state index is 13.8. The number of anilines is 1. The molecule has 0 radical (unpaired) electrons. The zero-order valence-corrected chi connectivity index (χ0v) is 11.9. The van der Waals surface area contributed by atoms with Crippen molar-refractivity contribution in [3.63, 3.8) is 0 Å². The second-order valence-electron chi connectivity index (χ2n) is 4.86. The van der Waals surface area contributed by atoms with Crippen LogP contribution in [-0.2, 0) is 0 Å². The fraction of sp³-hybridized carbons (Fsp3) is 0.294. The lowest BCUT2D eigenvalue weighted by Gasteiger charge is -2.27. The van der Waals surface area contributed by atoms with Crippen LogP contribution in [-0.4, -0.2) is 18.2 Å². The number of aryl methyl sites for hydroxylation is 1. The van der Waals surface area contributed by atoms with Crippen LogP contribution in [0.15, 0.2) is 48.5 Å². The van der Waals surface area contributed by atoms with E-state index in [1.54, 1.807) is 18.2 Å². The summed E-state index contributed by atoms with van der Waals surface area (Å²) in [4.78, 5) is 1.85. The smallest absolute Gasteiger partial charge is 0.146 e. The summed E-state index contributed by atoms with van der Waals surface area (Å²) in [6, 6.07) is 14.4. The molecule has 0 aromatic heterocycles. The monoisotopic (exact) mass is 273 g/mol. The first kappa shape index (κ1) is 14.5. The van der Waals surface area contributed by atoms with Gasteiger partial charge in [-0.05, 0) is 37.1 Å². The summed E-state index contributed by atoms with van der Waals surface area (Å²) in [6.07, 6.45) is -0.629. The Morgan fingerprint density at radius 2 is 1.75 bits per heavy atom. The molecule has 0 saturated heterocycles. The van der Waals surface area contributed by atoms with E-state index in [2.05, 4.69) is 0 Å². The number of hydrogen-bond acceptors (Lipinski definition) is 2. The standard InChI is InChI=1S/C17H20FNO/c1-3-19(16-11-7-6-10-15(16)18)12-17(20)14-9-5-4-8-13(14)2/h4-11,17,20H,3,12H2,1-2H3. The fourth-order valence-electron chi connectivity index (χ4n) is 2.37. The van der Waals surface area contributed by atoms with Crippen molar-refractivity contribution in [3.05, 3.63) is 65.5 Å². The predicted octanol–water partition coefficient (Wildman–Crippen LogP) is 3.69. The highest BCUT2D eigenvalue weighted by atomic mass is 19.1. The zero-order chi connectivity index (χ0) is 14.5. The van der Waals surface area contributed by atoms with Gasteiger partial charge in [-0.25, -0.2) is 4.39 Å². The molecule has 2 rings (SSSR count). The molecule has 0 fully saturated rings. The third-order valence-electron chi connectivity index (χ3n) is 3.52. The molecule has 0 amide bonds. The summed E-state index contributed by atoms with van der Waals surface area (Å²) in [5, 5.41) is 10.4. The summed E-state index contributed by atoms with van der Waals surface area (Å²) in [7, 11) is 0. The van der Waals surface area contributed by atoms with Gasteiger partial charge in [-0.15, -0.1) is 0 Å². The van der Waals surface area contributed by atoms with Crippen molar-refractivity contribution < 1.29 is 9.50 Å². The second kappa shape index (κ2) is 6.53. The van der Waals surface area contributed by atoms with Crippen molar-refractivity contribution in [2.45, 2.75) is 20.0 Å². The highest BCUT2D eigenvalue weighted by Gasteiger charge is 2.16. The van der Waals surface area contributed by atoms with Crippen LogP contribution >= 0.6 is 0 Å². The first-order chi connectivity index (χ1) is 9.63. The van der Waals surface area contributed by atoms with Crippen molar-refractivity contribution in [2.24, 2.45) is 0 Å². The van der Waals surface area contributed by atoms with Crippen LogP contribution in [0.5, 0.6) is 0 Å². The van der Waals surface area contributed by atoms with Gasteiger partial charge in [0.05, 0.1) is 11.8 Å². The van der Waals surface area contributed by atoms with E-state index in [-0.39, 0.29) is 5.82 Å². The Labute approximate surface area is 119 Å². The molecule has 0 heterocycles. The van der Waals surface area contributed by atoms with Gasteiger partial charge in [-0.2, -0.15) is 0 Å². The third-order valence-corrected chi connectivity index (χ3v) is 3.52. The lowest BCUT2D eigenvalue weighted by atomic mass is 10.0. The Bertz CT molecular complexity index is 570. The van der Waals surface area contributed by atoms with Crippen LogP contribution in [0.3, 0.4) is 0 Å². The molecule has 106 valence electrons. The molecule has 1 N–H and O–H groups in total. The molecule has 0 spiro atoms. The Hall–Kier alpha value is -1.87. The SMILES string of the molecule is CCN(CC(O)c1ccccc1C)c1ccccc1F. The molecule has 2 nitrogen and oxygen atoms in total. The van der Waals surface area contributed by atoms with Gasteiger partial charge in [0.2, 0.25) is 0 Å². The van der Waals surface area contributed by atoms with Gasteiger partial charge in [-0.1, -0.05) is 36.4 Å². The van der Waals surface area contributed by atoms with Gasteiger partial charge in [0.15, 0.2) is 0 Å². The molecular weight excluding hydrogens is 253 g/mol. The molecule has 0 aliphatic rings. The van der Waals surface area contributed by atoms with Crippen molar-refractivity contribution >= 4 is 5.69 Å². The van der Waals surface area contributed by atoms with Crippen LogP contribution in [0.4, 0.5) is 10.1 Å². The summed E-state index contributed by atoms with van der Waals surface area (Å²) in [5.41, 5.74) is 2.47. The van der Waals surface area contributed by atoms with Gasteiger partial charge in [0.25, 0.3) is 0 Å². The van der Waals surface area contributed by atoms with Crippen molar-refractivity contribution in [3.8, 4) is 0 Å². The second-order valence-corrected chi connectivity index (χ2v) is 4.86. The first-order valence-corrected chi connectivity index (χ1v) is 6.86. The molecular formula is C17H20FNO. The fourth-order valence-corrected chi connectivity index (χ4v) is 2.37. The van der Waals surface area contributed by atoms with E-state index >= 15 is 0 Å². The third kappa shape index (κ3) is 3.17. The number of rotatable bonds is 5. The Morgan fingerprint density at radius 1 is 1.10 bits per heavy atom. The summed E-state index contributed by atoms with van der Waals surface area (Å²) >= 11 is 0. The van der Waals surface area contributed by atoms with Gasteiger partial charge < -0.3 is 10.0 Å². The lowest BCUT2D eigenvalue weighted by Crippen LogP contribution is -2.29. The van der Waals surface area contributed by atoms with Crippen molar-refractivity contribution in [2.75, 3.05) is 18.0 Å². The molecule has 20 heavy (non-hydrogen) atoms. The minimum Gasteiger partial charge on any atom is -0.387 e. The van der Waals surface area contributed by atoms with Gasteiger partial charge in [-0.3, -0.25) is 0 Å². The maximum Gasteiger partial charge on any atom is 0.146 e. The van der Waals surface area contributed by atoms with E-state index in [9.17, 15) is 9.50 Å². The Morgan fingerprint density at radius 3 is 2.40 bits per heavy atom. The minimum absolute atomic E-state index is 0.258. The lowest BCUT2D eigenvalue weighted by molar-refractivity contribution is 0.183. The largest absolute Gasteiger partial charge is 0.387 e. The highest BCUT2D eigenvalue weighted by Crippen LogP contribution is 2.23. The molecule has 1 atom stereocenters. The highest BCUT2D eigenvalue weighted by molar-refractivity contribution is 5.48. The number of halogens is 1. The Balaban J connectivity index is 2.19. The molecule has 2 aromatic carbocycles. The molecule has 0 bridgehead atoms. The Kier molecular flexibility index (Phi) is 4.74. The number of para-hydroxylation sites is 1. The quantitative estimate of drug-likeness (QED) is 0.898. The number of aliphatic hydroxyl groups excluding tert-OH is 1. The molecule has 0 saturated carbocycles. The van der Waals surface area contributed by atoms with E-state index < -0.39 is 6.10 Å². The normalized spacial score (nSPS) is 12.2. The molecule has 0 aliphatic carbocycles. The average Bonchev–Trinajstić information content (AvgIpc) is 2.46. The topological polar surface area (TPSA) is 23.5 Å². The van der Waals surface area contributed by atoms with Crippen molar-refractivity contribution in [1.29, 1.82) is 0 Å². The molecule has 0 aliphatic heterocycles. The minimum atomic E-state index is -0.629. The van der Waals surface area contributed by atoms with Gasteiger partial charge in [0.1, 0.15) is 5.82 Å². The van der Waals surface area contributed by atoms with Crippen molar-refractivity contribution in [1.82, 2.24) is 0 Å². The summed E-state index contributed by atoms with van der Waals surface area (Å²) in [6.45, 7) is 4.95. The van der Waals surface area contributed by atoms with E-state index in [4.69, 9.17) is 0 Å². The number of benzene rings is 2. The number of hydrogen-bond donors (Lipinski definition) is 1. The average molecular weight is 273 g/mol. The predicted molar refractivity (Wildman–Crippen MR) is 80.4 cm³/mol. The number of likely N-dealkylation sites (N-methyl/N-ethyl adjacent to an activating group) is 1. The van der Waals surface area contributed by atoms with E-state index in [1.807, 2.05) is 43.0 Å². The summed E-state index contributed by atoms with van der Waals surface area (Å²) in [5.74, 6) is -0.258.